The van der Waals surface area contributed by atoms with Gasteiger partial charge in [0.1, 0.15) is 5.75 Å². The first-order valence-corrected chi connectivity index (χ1v) is 7.09. The van der Waals surface area contributed by atoms with E-state index < -0.39 is 0 Å². The van der Waals surface area contributed by atoms with Gasteiger partial charge in [-0.2, -0.15) is 0 Å². The molecule has 5 heteroatoms. The van der Waals surface area contributed by atoms with Crippen molar-refractivity contribution in [2.75, 3.05) is 11.9 Å². The minimum Gasteiger partial charge on any atom is -0.494 e. The second-order valence-corrected chi connectivity index (χ2v) is 5.98. The van der Waals surface area contributed by atoms with Crippen molar-refractivity contribution in [2.24, 2.45) is 0 Å². The van der Waals surface area contributed by atoms with Crippen molar-refractivity contribution >= 4 is 38.9 Å². The van der Waals surface area contributed by atoms with Crippen LogP contribution >= 0.6 is 27.3 Å². The maximum absolute atomic E-state index is 11.9. The molecule has 0 aliphatic rings. The second kappa shape index (κ2) is 6.02. The van der Waals surface area contributed by atoms with Gasteiger partial charge in [-0.1, -0.05) is 6.07 Å². The average Bonchev–Trinajstić information content (AvgIpc) is 2.77. The van der Waals surface area contributed by atoms with Gasteiger partial charge in [-0.3, -0.25) is 4.79 Å². The number of amides is 1. The quantitative estimate of drug-likeness (QED) is 0.916. The Morgan fingerprint density at radius 3 is 2.89 bits per heavy atom. The highest BCUT2D eigenvalue weighted by molar-refractivity contribution is 9.11. The normalized spacial score (nSPS) is 10.1. The van der Waals surface area contributed by atoms with Gasteiger partial charge in [-0.05, 0) is 47.1 Å². The lowest BCUT2D eigenvalue weighted by atomic mass is 10.3. The highest BCUT2D eigenvalue weighted by Gasteiger charge is 2.08. The minimum absolute atomic E-state index is 0.112. The number of rotatable bonds is 4. The third kappa shape index (κ3) is 3.34. The zero-order chi connectivity index (χ0) is 13.0. The molecule has 0 atom stereocenters. The topological polar surface area (TPSA) is 38.3 Å². The van der Waals surface area contributed by atoms with Crippen molar-refractivity contribution < 1.29 is 9.53 Å². The fourth-order valence-electron chi connectivity index (χ4n) is 1.46. The molecule has 0 saturated carbocycles. The second-order valence-electron chi connectivity index (χ2n) is 3.52. The van der Waals surface area contributed by atoms with E-state index in [0.29, 0.717) is 11.5 Å². The number of nitrogens with one attached hydrogen (secondary N) is 1. The smallest absolute Gasteiger partial charge is 0.265 e. The molecule has 3 nitrogen and oxygen atoms in total. The molecule has 0 unspecified atom stereocenters. The van der Waals surface area contributed by atoms with Crippen LogP contribution in [0.2, 0.25) is 0 Å². The average molecular weight is 326 g/mol. The summed E-state index contributed by atoms with van der Waals surface area (Å²) >= 11 is 4.74. The zero-order valence-corrected chi connectivity index (χ0v) is 12.2. The van der Waals surface area contributed by atoms with Gasteiger partial charge in [0, 0.05) is 11.8 Å². The zero-order valence-electron chi connectivity index (χ0n) is 9.77. The van der Waals surface area contributed by atoms with Crippen LogP contribution in [-0.2, 0) is 0 Å². The van der Waals surface area contributed by atoms with Gasteiger partial charge in [-0.15, -0.1) is 11.3 Å². The Hall–Kier alpha value is -1.33. The van der Waals surface area contributed by atoms with Crippen LogP contribution in [0.1, 0.15) is 16.6 Å². The van der Waals surface area contributed by atoms with Crippen molar-refractivity contribution in [3.8, 4) is 5.75 Å². The van der Waals surface area contributed by atoms with Gasteiger partial charge in [0.2, 0.25) is 0 Å². The van der Waals surface area contributed by atoms with Crippen LogP contribution in [0, 0.1) is 0 Å². The van der Waals surface area contributed by atoms with E-state index >= 15 is 0 Å². The summed E-state index contributed by atoms with van der Waals surface area (Å²) < 4.78 is 6.32. The molecule has 0 saturated heterocycles. The molecule has 18 heavy (non-hydrogen) atoms. The summed E-state index contributed by atoms with van der Waals surface area (Å²) in [5.41, 5.74) is 0.732. The Labute approximate surface area is 118 Å². The van der Waals surface area contributed by atoms with Crippen molar-refractivity contribution in [1.29, 1.82) is 0 Å². The van der Waals surface area contributed by atoms with E-state index in [9.17, 15) is 4.79 Å². The van der Waals surface area contributed by atoms with E-state index in [2.05, 4.69) is 21.2 Å². The number of hydrogen-bond donors (Lipinski definition) is 1. The molecular formula is C13H12BrNO2S. The molecule has 94 valence electrons. The number of thiophene rings is 1. The van der Waals surface area contributed by atoms with Crippen LogP contribution in [-0.4, -0.2) is 12.5 Å². The first kappa shape index (κ1) is 13.1. The Kier molecular flexibility index (Phi) is 4.38. The summed E-state index contributed by atoms with van der Waals surface area (Å²) in [5, 5.41) is 2.84. The summed E-state index contributed by atoms with van der Waals surface area (Å²) in [7, 11) is 0. The molecular weight excluding hydrogens is 314 g/mol. The summed E-state index contributed by atoms with van der Waals surface area (Å²) in [6.45, 7) is 2.53. The predicted molar refractivity (Wildman–Crippen MR) is 77.6 cm³/mol. The summed E-state index contributed by atoms with van der Waals surface area (Å²) in [6, 6.07) is 11.0. The number of anilines is 1. The number of halogens is 1. The van der Waals surface area contributed by atoms with Crippen LogP contribution in [0.25, 0.3) is 0 Å². The lowest BCUT2D eigenvalue weighted by Gasteiger charge is -2.06. The van der Waals surface area contributed by atoms with E-state index in [4.69, 9.17) is 4.74 Å². The Morgan fingerprint density at radius 1 is 1.39 bits per heavy atom. The van der Waals surface area contributed by atoms with Crippen molar-refractivity contribution in [2.45, 2.75) is 6.92 Å². The highest BCUT2D eigenvalue weighted by Crippen LogP contribution is 2.24. The molecule has 0 aliphatic carbocycles. The first-order valence-electron chi connectivity index (χ1n) is 5.48. The number of carbonyl (C=O) groups excluding carboxylic acids is 1. The Morgan fingerprint density at radius 2 is 2.22 bits per heavy atom. The molecule has 0 aliphatic heterocycles. The van der Waals surface area contributed by atoms with Gasteiger partial charge in [0.05, 0.1) is 15.3 Å². The van der Waals surface area contributed by atoms with Crippen LogP contribution < -0.4 is 10.1 Å². The van der Waals surface area contributed by atoms with Crippen LogP contribution in [0.3, 0.4) is 0 Å². The molecule has 0 radical (unpaired) electrons. The predicted octanol–water partition coefficient (Wildman–Crippen LogP) is 4.16. The third-order valence-electron chi connectivity index (χ3n) is 2.20. The molecule has 0 fully saturated rings. The van der Waals surface area contributed by atoms with Gasteiger partial charge in [0.25, 0.3) is 5.91 Å². The SMILES string of the molecule is CCOc1cccc(NC(=O)c2ccc(Br)s2)c1. The van der Waals surface area contributed by atoms with Crippen molar-refractivity contribution in [1.82, 2.24) is 0 Å². The fourth-order valence-corrected chi connectivity index (χ4v) is 2.74. The molecule has 0 bridgehead atoms. The van der Waals surface area contributed by atoms with Crippen LogP contribution in [0.15, 0.2) is 40.2 Å². The lowest BCUT2D eigenvalue weighted by molar-refractivity contribution is 0.103. The number of carbonyl (C=O) groups is 1. The third-order valence-corrected chi connectivity index (χ3v) is 3.82. The van der Waals surface area contributed by atoms with Gasteiger partial charge in [-0.25, -0.2) is 0 Å². The minimum atomic E-state index is -0.112. The summed E-state index contributed by atoms with van der Waals surface area (Å²) in [4.78, 5) is 12.6. The summed E-state index contributed by atoms with van der Waals surface area (Å²) in [6.07, 6.45) is 0. The first-order chi connectivity index (χ1) is 8.69. The molecule has 2 aromatic rings. The van der Waals surface area contributed by atoms with E-state index in [1.165, 1.54) is 11.3 Å². The standard InChI is InChI=1S/C13H12BrNO2S/c1-2-17-10-5-3-4-9(8-10)15-13(16)11-6-7-12(14)18-11/h3-8H,2H2,1H3,(H,15,16). The van der Waals surface area contributed by atoms with Crippen molar-refractivity contribution in [3.63, 3.8) is 0 Å². The van der Waals surface area contributed by atoms with E-state index in [1.807, 2.05) is 37.3 Å². The Bertz CT molecular complexity index is 553. The monoisotopic (exact) mass is 325 g/mol. The van der Waals surface area contributed by atoms with E-state index in [0.717, 1.165) is 15.2 Å². The molecule has 2 rings (SSSR count). The maximum Gasteiger partial charge on any atom is 0.265 e. The van der Waals surface area contributed by atoms with E-state index in [-0.39, 0.29) is 5.91 Å². The summed E-state index contributed by atoms with van der Waals surface area (Å²) in [5.74, 6) is 0.641. The van der Waals surface area contributed by atoms with Gasteiger partial charge >= 0.3 is 0 Å². The number of benzene rings is 1. The molecule has 0 spiro atoms. The molecule has 1 amide bonds. The van der Waals surface area contributed by atoms with Gasteiger partial charge in [0.15, 0.2) is 0 Å². The van der Waals surface area contributed by atoms with Crippen LogP contribution in [0.4, 0.5) is 5.69 Å². The molecule has 1 aromatic carbocycles. The Balaban J connectivity index is 2.09. The largest absolute Gasteiger partial charge is 0.494 e. The maximum atomic E-state index is 11.9. The molecule has 1 N–H and O–H groups in total. The number of ether oxygens (including phenoxy) is 1. The fraction of sp³-hybridized carbons (Fsp3) is 0.154. The van der Waals surface area contributed by atoms with Crippen molar-refractivity contribution in [3.05, 3.63) is 45.1 Å². The van der Waals surface area contributed by atoms with Crippen LogP contribution in [0.5, 0.6) is 5.75 Å². The lowest BCUT2D eigenvalue weighted by Crippen LogP contribution is -2.10. The van der Waals surface area contributed by atoms with Gasteiger partial charge < -0.3 is 10.1 Å². The number of hydrogen-bond acceptors (Lipinski definition) is 3. The van der Waals surface area contributed by atoms with E-state index in [1.54, 1.807) is 6.07 Å². The molecule has 1 heterocycles. The molecule has 1 aromatic heterocycles. The highest BCUT2D eigenvalue weighted by atomic mass is 79.9.